The van der Waals surface area contributed by atoms with Crippen LogP contribution >= 0.6 is 12.2 Å². The summed E-state index contributed by atoms with van der Waals surface area (Å²) in [7, 11) is 3.26. The quantitative estimate of drug-likeness (QED) is 0.662. The van der Waals surface area contributed by atoms with E-state index in [-0.39, 0.29) is 6.04 Å². The van der Waals surface area contributed by atoms with Crippen molar-refractivity contribution >= 4 is 23.0 Å². The Hall–Kier alpha value is -2.47. The third-order valence-electron chi connectivity index (χ3n) is 3.93. The summed E-state index contributed by atoms with van der Waals surface area (Å²) >= 11 is 5.48. The van der Waals surface area contributed by atoms with Crippen molar-refractivity contribution in [3.63, 3.8) is 0 Å². The van der Waals surface area contributed by atoms with Crippen LogP contribution in [0.4, 0.5) is 5.69 Å². The van der Waals surface area contributed by atoms with Crippen LogP contribution in [0.15, 0.2) is 42.5 Å². The molecule has 140 valence electrons. The van der Waals surface area contributed by atoms with Crippen molar-refractivity contribution in [2.75, 3.05) is 26.1 Å². The smallest absolute Gasteiger partial charge is 0.171 e. The number of hydrogen-bond acceptors (Lipinski definition) is 4. The zero-order chi connectivity index (χ0) is 18.9. The van der Waals surface area contributed by atoms with Gasteiger partial charge in [0.1, 0.15) is 5.75 Å². The molecule has 6 heteroatoms. The normalized spacial score (nSPS) is 11.4. The molecule has 2 rings (SSSR count). The molecule has 0 aliphatic carbocycles. The lowest BCUT2D eigenvalue weighted by Crippen LogP contribution is -2.32. The van der Waals surface area contributed by atoms with E-state index in [4.69, 9.17) is 26.4 Å². The van der Waals surface area contributed by atoms with E-state index in [1.54, 1.807) is 14.2 Å². The molecule has 2 aromatic rings. The van der Waals surface area contributed by atoms with Gasteiger partial charge >= 0.3 is 0 Å². The van der Waals surface area contributed by atoms with Crippen molar-refractivity contribution in [3.8, 4) is 17.2 Å². The molecule has 0 heterocycles. The van der Waals surface area contributed by atoms with Gasteiger partial charge in [0.2, 0.25) is 0 Å². The molecule has 0 bridgehead atoms. The lowest BCUT2D eigenvalue weighted by Gasteiger charge is -2.21. The van der Waals surface area contributed by atoms with E-state index in [1.165, 1.54) is 0 Å². The van der Waals surface area contributed by atoms with Crippen LogP contribution in [0.5, 0.6) is 17.2 Å². The minimum Gasteiger partial charge on any atom is -0.494 e. The van der Waals surface area contributed by atoms with Gasteiger partial charge in [0.25, 0.3) is 0 Å². The second kappa shape index (κ2) is 9.87. The van der Waals surface area contributed by atoms with Crippen LogP contribution in [0.1, 0.15) is 31.9 Å². The zero-order valence-corrected chi connectivity index (χ0v) is 16.5. The van der Waals surface area contributed by atoms with Crippen LogP contribution < -0.4 is 24.8 Å². The fourth-order valence-electron chi connectivity index (χ4n) is 2.65. The van der Waals surface area contributed by atoms with Gasteiger partial charge in [0.15, 0.2) is 16.6 Å². The number of nitrogens with one attached hydrogen (secondary N) is 2. The Morgan fingerprint density at radius 1 is 1.04 bits per heavy atom. The van der Waals surface area contributed by atoms with E-state index in [0.29, 0.717) is 23.2 Å². The molecule has 2 N–H and O–H groups in total. The van der Waals surface area contributed by atoms with Gasteiger partial charge in [0, 0.05) is 11.8 Å². The van der Waals surface area contributed by atoms with Crippen molar-refractivity contribution in [3.05, 3.63) is 48.0 Å². The number of thiocarbonyl (C=S) groups is 1. The number of methoxy groups -OCH3 is 2. The molecule has 0 aliphatic rings. The fraction of sp³-hybridized carbons (Fsp3) is 0.350. The first-order valence-corrected chi connectivity index (χ1v) is 9.04. The van der Waals surface area contributed by atoms with Gasteiger partial charge in [-0.25, -0.2) is 0 Å². The Morgan fingerprint density at radius 2 is 1.81 bits per heavy atom. The SMILES string of the molecule is CCOc1cccc(NC(=S)N[C@H](CC)c2ccc(OC)c(OC)c2)c1. The number of benzene rings is 2. The lowest BCUT2D eigenvalue weighted by atomic mass is 10.0. The third-order valence-corrected chi connectivity index (χ3v) is 4.15. The standard InChI is InChI=1S/C20H26N2O3S/c1-5-17(14-10-11-18(23-3)19(12-14)24-4)22-20(26)21-15-8-7-9-16(13-15)25-6-2/h7-13,17H,5-6H2,1-4H3,(H2,21,22,26)/t17-/m1/s1. The molecule has 0 amide bonds. The first-order chi connectivity index (χ1) is 12.6. The molecular formula is C20H26N2O3S. The predicted molar refractivity (Wildman–Crippen MR) is 110 cm³/mol. The summed E-state index contributed by atoms with van der Waals surface area (Å²) in [4.78, 5) is 0. The van der Waals surface area contributed by atoms with Crippen LogP contribution in [-0.4, -0.2) is 25.9 Å². The summed E-state index contributed by atoms with van der Waals surface area (Å²) < 4.78 is 16.2. The molecule has 0 saturated heterocycles. The summed E-state index contributed by atoms with van der Waals surface area (Å²) in [5.41, 5.74) is 1.97. The minimum absolute atomic E-state index is 0.0601. The Balaban J connectivity index is 2.07. The Labute approximate surface area is 160 Å². The van der Waals surface area contributed by atoms with Crippen molar-refractivity contribution in [2.24, 2.45) is 0 Å². The van der Waals surface area contributed by atoms with Gasteiger partial charge in [-0.3, -0.25) is 0 Å². The molecular weight excluding hydrogens is 348 g/mol. The average Bonchev–Trinajstić information content (AvgIpc) is 2.66. The summed E-state index contributed by atoms with van der Waals surface area (Å²) in [6.45, 7) is 4.69. The zero-order valence-electron chi connectivity index (χ0n) is 15.7. The summed E-state index contributed by atoms with van der Waals surface area (Å²) in [5, 5.41) is 7.12. The molecule has 0 saturated carbocycles. The van der Waals surface area contributed by atoms with Crippen LogP contribution in [0, 0.1) is 0 Å². The molecule has 5 nitrogen and oxygen atoms in total. The fourth-order valence-corrected chi connectivity index (χ4v) is 2.91. The maximum Gasteiger partial charge on any atom is 0.171 e. The molecule has 0 spiro atoms. The van der Waals surface area contributed by atoms with Gasteiger partial charge < -0.3 is 24.8 Å². The molecule has 0 aliphatic heterocycles. The molecule has 0 radical (unpaired) electrons. The molecule has 26 heavy (non-hydrogen) atoms. The molecule has 0 unspecified atom stereocenters. The van der Waals surface area contributed by atoms with Gasteiger partial charge in [-0.15, -0.1) is 0 Å². The first kappa shape index (κ1) is 19.8. The van der Waals surface area contributed by atoms with Crippen LogP contribution in [0.2, 0.25) is 0 Å². The molecule has 0 aromatic heterocycles. The second-order valence-corrected chi connectivity index (χ2v) is 6.04. The van der Waals surface area contributed by atoms with E-state index < -0.39 is 0 Å². The Bertz CT molecular complexity index is 737. The highest BCUT2D eigenvalue weighted by Crippen LogP contribution is 2.31. The topological polar surface area (TPSA) is 51.8 Å². The van der Waals surface area contributed by atoms with E-state index in [9.17, 15) is 0 Å². The van der Waals surface area contributed by atoms with Gasteiger partial charge in [0.05, 0.1) is 26.9 Å². The maximum absolute atomic E-state index is 5.52. The van der Waals surface area contributed by atoms with Gasteiger partial charge in [-0.05, 0) is 55.4 Å². The van der Waals surface area contributed by atoms with Crippen LogP contribution in [-0.2, 0) is 0 Å². The van der Waals surface area contributed by atoms with E-state index in [2.05, 4.69) is 17.6 Å². The monoisotopic (exact) mass is 374 g/mol. The average molecular weight is 375 g/mol. The van der Waals surface area contributed by atoms with Crippen LogP contribution in [0.3, 0.4) is 0 Å². The highest BCUT2D eigenvalue weighted by Gasteiger charge is 2.14. The summed E-state index contributed by atoms with van der Waals surface area (Å²) in [5.74, 6) is 2.22. The van der Waals surface area contributed by atoms with Crippen molar-refractivity contribution in [1.29, 1.82) is 0 Å². The highest BCUT2D eigenvalue weighted by atomic mass is 32.1. The summed E-state index contributed by atoms with van der Waals surface area (Å²) in [6, 6.07) is 13.7. The first-order valence-electron chi connectivity index (χ1n) is 8.63. The van der Waals surface area contributed by atoms with Crippen molar-refractivity contribution < 1.29 is 14.2 Å². The Kier molecular flexibility index (Phi) is 7.53. The van der Waals surface area contributed by atoms with Gasteiger partial charge in [-0.2, -0.15) is 0 Å². The minimum atomic E-state index is 0.0601. The maximum atomic E-state index is 5.52. The predicted octanol–water partition coefficient (Wildman–Crippen LogP) is 4.54. The highest BCUT2D eigenvalue weighted by molar-refractivity contribution is 7.80. The van der Waals surface area contributed by atoms with Crippen molar-refractivity contribution in [2.45, 2.75) is 26.3 Å². The van der Waals surface area contributed by atoms with Crippen LogP contribution in [0.25, 0.3) is 0 Å². The van der Waals surface area contributed by atoms with Gasteiger partial charge in [-0.1, -0.05) is 19.1 Å². The third kappa shape index (κ3) is 5.26. The second-order valence-electron chi connectivity index (χ2n) is 5.63. The number of ether oxygens (including phenoxy) is 3. The summed E-state index contributed by atoms with van der Waals surface area (Å²) in [6.07, 6.45) is 0.871. The number of rotatable bonds is 8. The van der Waals surface area contributed by atoms with E-state index in [0.717, 1.165) is 23.4 Å². The van der Waals surface area contributed by atoms with E-state index in [1.807, 2.05) is 49.4 Å². The largest absolute Gasteiger partial charge is 0.494 e. The van der Waals surface area contributed by atoms with Crippen molar-refractivity contribution in [1.82, 2.24) is 5.32 Å². The molecule has 2 aromatic carbocycles. The Morgan fingerprint density at radius 3 is 2.46 bits per heavy atom. The molecule has 0 fully saturated rings. The number of anilines is 1. The number of hydrogen-bond donors (Lipinski definition) is 2. The lowest BCUT2D eigenvalue weighted by molar-refractivity contribution is 0.340. The van der Waals surface area contributed by atoms with E-state index >= 15 is 0 Å². The molecule has 1 atom stereocenters.